The van der Waals surface area contributed by atoms with Gasteiger partial charge in [-0.2, -0.15) is 5.26 Å². The molecule has 1 aromatic carbocycles. The topological polar surface area (TPSA) is 76.4 Å². The smallest absolute Gasteiger partial charge is 0.341 e. The molecule has 1 rings (SSSR count). The van der Waals surface area contributed by atoms with Crippen molar-refractivity contribution in [3.05, 3.63) is 28.8 Å². The number of ether oxygens (including phenoxy) is 2. The Balaban J connectivity index is 3.34. The summed E-state index contributed by atoms with van der Waals surface area (Å²) < 4.78 is 9.81. The first kappa shape index (κ1) is 12.7. The number of hydrogen-bond donors (Lipinski definition) is 0. The maximum absolute atomic E-state index is 11.6. The minimum atomic E-state index is -0.585. The Morgan fingerprint density at radius 1 is 1.53 bits per heavy atom. The Hall–Kier alpha value is -2.35. The quantitative estimate of drug-likeness (QED) is 0.582. The molecule has 0 aromatic heterocycles. The second-order valence-corrected chi connectivity index (χ2v) is 3.09. The molecule has 0 amide bonds. The van der Waals surface area contributed by atoms with Gasteiger partial charge in [0.15, 0.2) is 6.29 Å². The molecule has 1 aromatic rings. The molecule has 0 N–H and O–H groups in total. The van der Waals surface area contributed by atoms with Gasteiger partial charge in [0, 0.05) is 5.56 Å². The van der Waals surface area contributed by atoms with E-state index in [4.69, 9.17) is 14.7 Å². The number of carbonyl (C=O) groups is 2. The van der Waals surface area contributed by atoms with Gasteiger partial charge in [-0.1, -0.05) is 0 Å². The van der Waals surface area contributed by atoms with Crippen LogP contribution in [0.5, 0.6) is 5.75 Å². The van der Waals surface area contributed by atoms with E-state index < -0.39 is 5.97 Å². The molecule has 0 atom stereocenters. The number of carbonyl (C=O) groups excluding carboxylic acids is 2. The van der Waals surface area contributed by atoms with Crippen molar-refractivity contribution in [2.45, 2.75) is 6.92 Å². The minimum absolute atomic E-state index is 0.115. The maximum Gasteiger partial charge on any atom is 0.341 e. The third kappa shape index (κ3) is 2.61. The highest BCUT2D eigenvalue weighted by atomic mass is 16.5. The van der Waals surface area contributed by atoms with E-state index in [1.807, 2.05) is 6.07 Å². The number of aldehydes is 1. The van der Waals surface area contributed by atoms with Crippen LogP contribution in [0.3, 0.4) is 0 Å². The molecular formula is C12H11NO4. The molecule has 0 aliphatic carbocycles. The molecule has 0 heterocycles. The molecule has 0 aliphatic heterocycles. The van der Waals surface area contributed by atoms with Gasteiger partial charge in [-0.15, -0.1) is 0 Å². The normalized spacial score (nSPS) is 9.24. The monoisotopic (exact) mass is 233 g/mol. The van der Waals surface area contributed by atoms with E-state index in [0.717, 1.165) is 0 Å². The molecule has 17 heavy (non-hydrogen) atoms. The number of esters is 1. The second-order valence-electron chi connectivity index (χ2n) is 3.09. The predicted octanol–water partition coefficient (Wildman–Crippen LogP) is 1.56. The number of rotatable bonds is 4. The fraction of sp³-hybridized carbons (Fsp3) is 0.250. The largest absolute Gasteiger partial charge is 0.496 e. The molecular weight excluding hydrogens is 222 g/mol. The number of methoxy groups -OCH3 is 1. The van der Waals surface area contributed by atoms with Gasteiger partial charge in [0.1, 0.15) is 11.3 Å². The third-order valence-corrected chi connectivity index (χ3v) is 2.11. The highest BCUT2D eigenvalue weighted by Gasteiger charge is 2.17. The summed E-state index contributed by atoms with van der Waals surface area (Å²) >= 11 is 0. The molecule has 0 saturated heterocycles. The molecule has 0 unspecified atom stereocenters. The Labute approximate surface area is 98.6 Å². The predicted molar refractivity (Wildman–Crippen MR) is 59.1 cm³/mol. The van der Waals surface area contributed by atoms with Crippen molar-refractivity contribution in [1.29, 1.82) is 5.26 Å². The average molecular weight is 233 g/mol. The van der Waals surface area contributed by atoms with E-state index >= 15 is 0 Å². The zero-order valence-electron chi connectivity index (χ0n) is 9.52. The first-order valence-corrected chi connectivity index (χ1v) is 4.92. The van der Waals surface area contributed by atoms with Crippen LogP contribution in [0.25, 0.3) is 0 Å². The summed E-state index contributed by atoms with van der Waals surface area (Å²) in [6.07, 6.45) is 0.538. The third-order valence-electron chi connectivity index (χ3n) is 2.11. The van der Waals surface area contributed by atoms with Crippen LogP contribution in [-0.4, -0.2) is 26.0 Å². The summed E-state index contributed by atoms with van der Waals surface area (Å²) in [4.78, 5) is 22.3. The first-order valence-electron chi connectivity index (χ1n) is 4.92. The lowest BCUT2D eigenvalue weighted by Gasteiger charge is -2.09. The lowest BCUT2D eigenvalue weighted by molar-refractivity contribution is 0.0522. The molecule has 0 radical (unpaired) electrons. The fourth-order valence-electron chi connectivity index (χ4n) is 1.33. The van der Waals surface area contributed by atoms with Gasteiger partial charge >= 0.3 is 5.97 Å². The Morgan fingerprint density at radius 3 is 2.71 bits per heavy atom. The van der Waals surface area contributed by atoms with Crippen molar-refractivity contribution in [3.8, 4) is 11.8 Å². The van der Waals surface area contributed by atoms with Crippen LogP contribution in [0.1, 0.15) is 33.2 Å². The highest BCUT2D eigenvalue weighted by Crippen LogP contribution is 2.23. The maximum atomic E-state index is 11.6. The first-order chi connectivity index (χ1) is 8.17. The molecule has 0 fully saturated rings. The van der Waals surface area contributed by atoms with Gasteiger partial charge < -0.3 is 9.47 Å². The van der Waals surface area contributed by atoms with Crippen LogP contribution in [-0.2, 0) is 4.74 Å². The van der Waals surface area contributed by atoms with Crippen LogP contribution in [0.2, 0.25) is 0 Å². The van der Waals surface area contributed by atoms with E-state index in [-0.39, 0.29) is 29.0 Å². The van der Waals surface area contributed by atoms with Gasteiger partial charge in [-0.3, -0.25) is 4.79 Å². The van der Waals surface area contributed by atoms with Crippen molar-refractivity contribution in [3.63, 3.8) is 0 Å². The lowest BCUT2D eigenvalue weighted by Crippen LogP contribution is -2.08. The lowest BCUT2D eigenvalue weighted by atomic mass is 10.0. The molecule has 5 nitrogen and oxygen atoms in total. The van der Waals surface area contributed by atoms with Gasteiger partial charge in [-0.05, 0) is 19.1 Å². The molecule has 0 aliphatic rings. The summed E-state index contributed by atoms with van der Waals surface area (Å²) in [5, 5.41) is 8.85. The second kappa shape index (κ2) is 5.66. The van der Waals surface area contributed by atoms with E-state index in [1.165, 1.54) is 19.2 Å². The van der Waals surface area contributed by atoms with Crippen LogP contribution >= 0.6 is 0 Å². The average Bonchev–Trinajstić information content (AvgIpc) is 2.37. The van der Waals surface area contributed by atoms with Crippen LogP contribution in [0.15, 0.2) is 12.1 Å². The molecule has 0 spiro atoms. The van der Waals surface area contributed by atoms with Crippen molar-refractivity contribution in [2.75, 3.05) is 13.7 Å². The van der Waals surface area contributed by atoms with Crippen LogP contribution in [0.4, 0.5) is 0 Å². The van der Waals surface area contributed by atoms with Gasteiger partial charge in [0.25, 0.3) is 0 Å². The zero-order chi connectivity index (χ0) is 12.8. The Bertz CT molecular complexity index is 488. The van der Waals surface area contributed by atoms with E-state index in [1.54, 1.807) is 6.92 Å². The van der Waals surface area contributed by atoms with Crippen molar-refractivity contribution in [2.24, 2.45) is 0 Å². The Morgan fingerprint density at radius 2 is 2.24 bits per heavy atom. The van der Waals surface area contributed by atoms with Gasteiger partial charge in [0.05, 0.1) is 25.3 Å². The molecule has 5 heteroatoms. The van der Waals surface area contributed by atoms with Crippen LogP contribution < -0.4 is 4.74 Å². The van der Waals surface area contributed by atoms with Crippen molar-refractivity contribution < 1.29 is 19.1 Å². The summed E-state index contributed by atoms with van der Waals surface area (Å²) in [6.45, 7) is 1.90. The standard InChI is InChI=1S/C12H11NO4/c1-3-17-12(15)10-4-8(6-13)9(7-14)5-11(10)16-2/h4-5,7H,3H2,1-2H3. The highest BCUT2D eigenvalue weighted by molar-refractivity contribution is 5.95. The molecule has 0 bridgehead atoms. The van der Waals surface area contributed by atoms with Crippen molar-refractivity contribution >= 4 is 12.3 Å². The van der Waals surface area contributed by atoms with Crippen molar-refractivity contribution in [1.82, 2.24) is 0 Å². The minimum Gasteiger partial charge on any atom is -0.496 e. The molecule has 88 valence electrons. The van der Waals surface area contributed by atoms with Crippen LogP contribution in [0, 0.1) is 11.3 Å². The van der Waals surface area contributed by atoms with Gasteiger partial charge in [0.2, 0.25) is 0 Å². The number of hydrogen-bond acceptors (Lipinski definition) is 5. The van der Waals surface area contributed by atoms with Gasteiger partial charge in [-0.25, -0.2) is 4.79 Å². The summed E-state index contributed by atoms with van der Waals surface area (Å²) in [5.41, 5.74) is 0.428. The Kier molecular flexibility index (Phi) is 4.23. The summed E-state index contributed by atoms with van der Waals surface area (Å²) in [6, 6.07) is 4.48. The van der Waals surface area contributed by atoms with E-state index in [9.17, 15) is 9.59 Å². The zero-order valence-corrected chi connectivity index (χ0v) is 9.52. The SMILES string of the molecule is CCOC(=O)c1cc(C#N)c(C=O)cc1OC. The van der Waals surface area contributed by atoms with E-state index in [2.05, 4.69) is 0 Å². The number of nitrogens with zero attached hydrogens (tertiary/aromatic N) is 1. The summed E-state index contributed by atoms with van der Waals surface area (Å²) in [5.74, 6) is -0.372. The number of nitriles is 1. The fourth-order valence-corrected chi connectivity index (χ4v) is 1.33. The summed E-state index contributed by atoms with van der Waals surface area (Å²) in [7, 11) is 1.37. The number of benzene rings is 1. The molecule has 0 saturated carbocycles. The van der Waals surface area contributed by atoms with E-state index in [0.29, 0.717) is 6.29 Å².